The van der Waals surface area contributed by atoms with Crippen LogP contribution >= 0.6 is 0 Å². The second kappa shape index (κ2) is 4.01. The number of aromatic nitrogens is 2. The topological polar surface area (TPSA) is 41.1 Å². The molecule has 0 aliphatic carbocycles. The van der Waals surface area contributed by atoms with Crippen molar-refractivity contribution in [3.63, 3.8) is 0 Å². The summed E-state index contributed by atoms with van der Waals surface area (Å²) in [5.74, 6) is 0.994. The van der Waals surface area contributed by atoms with Crippen LogP contribution < -0.4 is 10.2 Å². The van der Waals surface area contributed by atoms with Gasteiger partial charge in [0.1, 0.15) is 0 Å². The Labute approximate surface area is 96.1 Å². The lowest BCUT2D eigenvalue weighted by molar-refractivity contribution is 0.353. The van der Waals surface area contributed by atoms with E-state index in [0.717, 1.165) is 17.9 Å². The van der Waals surface area contributed by atoms with E-state index in [4.69, 9.17) is 0 Å². The third-order valence-corrected chi connectivity index (χ3v) is 3.92. The van der Waals surface area contributed by atoms with Crippen LogP contribution in [0.5, 0.6) is 0 Å². The third kappa shape index (κ3) is 1.78. The number of anilines is 1. The fourth-order valence-electron chi connectivity index (χ4n) is 3.01. The highest BCUT2D eigenvalue weighted by atomic mass is 15.3. The van der Waals surface area contributed by atoms with E-state index in [1.165, 1.54) is 25.7 Å². The summed E-state index contributed by atoms with van der Waals surface area (Å²) >= 11 is 0. The normalized spacial score (nSPS) is 32.7. The molecule has 0 amide bonds. The van der Waals surface area contributed by atoms with Gasteiger partial charge < -0.3 is 10.2 Å². The van der Waals surface area contributed by atoms with Gasteiger partial charge in [0.2, 0.25) is 0 Å². The first-order valence-corrected chi connectivity index (χ1v) is 6.09. The fraction of sp³-hybridized carbons (Fsp3) is 0.667. The van der Waals surface area contributed by atoms with Crippen molar-refractivity contribution in [1.29, 1.82) is 0 Å². The summed E-state index contributed by atoms with van der Waals surface area (Å²) < 4.78 is 0. The van der Waals surface area contributed by atoms with E-state index in [2.05, 4.69) is 27.5 Å². The summed E-state index contributed by atoms with van der Waals surface area (Å²) in [4.78, 5) is 2.29. The molecule has 0 radical (unpaired) electrons. The minimum atomic E-state index is 0.621. The Bertz CT molecular complexity index is 341. The number of fused-ring (bicyclic) bond motifs is 2. The number of hydrogen-bond acceptors (Lipinski definition) is 4. The van der Waals surface area contributed by atoms with Gasteiger partial charge in [0.15, 0.2) is 5.82 Å². The molecule has 1 N–H and O–H groups in total. The van der Waals surface area contributed by atoms with Gasteiger partial charge in [-0.15, -0.1) is 5.10 Å². The van der Waals surface area contributed by atoms with Gasteiger partial charge in [-0.2, -0.15) is 5.10 Å². The summed E-state index contributed by atoms with van der Waals surface area (Å²) in [6.45, 7) is 0. The molecule has 4 nitrogen and oxygen atoms in total. The van der Waals surface area contributed by atoms with Crippen LogP contribution in [0.15, 0.2) is 18.3 Å². The standard InChI is InChI=1S/C12H18N4/c1-16(12-3-2-6-13-15-12)11-7-9-4-5-10(8-11)14-9/h2-3,6,9-11,14H,4-5,7-8H2,1H3/t9-,10+,11?. The molecule has 16 heavy (non-hydrogen) atoms. The lowest BCUT2D eigenvalue weighted by Gasteiger charge is -2.35. The third-order valence-electron chi connectivity index (χ3n) is 3.92. The van der Waals surface area contributed by atoms with Crippen LogP contribution in [0.1, 0.15) is 25.7 Å². The Balaban J connectivity index is 1.73. The van der Waals surface area contributed by atoms with Gasteiger partial charge in [-0.05, 0) is 37.8 Å². The van der Waals surface area contributed by atoms with Crippen molar-refractivity contribution in [1.82, 2.24) is 15.5 Å². The molecule has 86 valence electrons. The average Bonchev–Trinajstić information content (AvgIpc) is 2.68. The average molecular weight is 218 g/mol. The Kier molecular flexibility index (Phi) is 2.52. The fourth-order valence-corrected chi connectivity index (χ4v) is 3.01. The van der Waals surface area contributed by atoms with Crippen LogP contribution in [-0.2, 0) is 0 Å². The van der Waals surface area contributed by atoms with Crippen molar-refractivity contribution in [2.75, 3.05) is 11.9 Å². The molecule has 2 fully saturated rings. The highest BCUT2D eigenvalue weighted by molar-refractivity contribution is 5.37. The number of hydrogen-bond donors (Lipinski definition) is 1. The molecule has 4 heteroatoms. The Morgan fingerprint density at radius 2 is 2.06 bits per heavy atom. The van der Waals surface area contributed by atoms with Crippen molar-refractivity contribution in [2.24, 2.45) is 0 Å². The van der Waals surface area contributed by atoms with E-state index >= 15 is 0 Å². The molecule has 3 atom stereocenters. The Hall–Kier alpha value is -1.16. The maximum atomic E-state index is 4.18. The summed E-state index contributed by atoms with van der Waals surface area (Å²) in [6, 6.07) is 6.06. The van der Waals surface area contributed by atoms with Crippen LogP contribution in [-0.4, -0.2) is 35.4 Å². The molecule has 2 aliphatic heterocycles. The van der Waals surface area contributed by atoms with Gasteiger partial charge in [0, 0.05) is 31.4 Å². The van der Waals surface area contributed by atoms with Gasteiger partial charge in [0.25, 0.3) is 0 Å². The molecule has 3 rings (SSSR count). The Morgan fingerprint density at radius 1 is 1.31 bits per heavy atom. The zero-order valence-corrected chi connectivity index (χ0v) is 9.63. The molecule has 0 saturated carbocycles. The smallest absolute Gasteiger partial charge is 0.151 e. The van der Waals surface area contributed by atoms with Gasteiger partial charge in [-0.3, -0.25) is 0 Å². The van der Waals surface area contributed by atoms with Crippen molar-refractivity contribution < 1.29 is 0 Å². The zero-order chi connectivity index (χ0) is 11.0. The van der Waals surface area contributed by atoms with Crippen LogP contribution in [0.25, 0.3) is 0 Å². The molecular weight excluding hydrogens is 200 g/mol. The molecule has 2 aliphatic rings. The molecule has 2 saturated heterocycles. The number of nitrogens with one attached hydrogen (secondary N) is 1. The van der Waals surface area contributed by atoms with Gasteiger partial charge in [-0.1, -0.05) is 0 Å². The SMILES string of the molecule is CN(c1cccnn1)C1C[C@H]2CC[C@@H](C1)N2. The molecular formula is C12H18N4. The molecule has 1 unspecified atom stereocenters. The molecule has 1 aromatic rings. The highest BCUT2D eigenvalue weighted by Gasteiger charge is 2.35. The maximum Gasteiger partial charge on any atom is 0.151 e. The lowest BCUT2D eigenvalue weighted by Crippen LogP contribution is -2.47. The first-order chi connectivity index (χ1) is 7.83. The van der Waals surface area contributed by atoms with Gasteiger partial charge in [-0.25, -0.2) is 0 Å². The number of nitrogens with zero attached hydrogens (tertiary/aromatic N) is 3. The Morgan fingerprint density at radius 3 is 2.69 bits per heavy atom. The predicted molar refractivity (Wildman–Crippen MR) is 63.4 cm³/mol. The van der Waals surface area contributed by atoms with Gasteiger partial charge in [0.05, 0.1) is 0 Å². The van der Waals surface area contributed by atoms with Crippen LogP contribution in [0.4, 0.5) is 5.82 Å². The molecule has 0 aromatic carbocycles. The maximum absolute atomic E-state index is 4.18. The molecule has 1 aromatic heterocycles. The van der Waals surface area contributed by atoms with Crippen molar-refractivity contribution in [2.45, 2.75) is 43.8 Å². The molecule has 2 bridgehead atoms. The first-order valence-electron chi connectivity index (χ1n) is 6.09. The predicted octanol–water partition coefficient (Wildman–Crippen LogP) is 1.20. The summed E-state index contributed by atoms with van der Waals surface area (Å²) in [6.07, 6.45) is 6.89. The van der Waals surface area contributed by atoms with E-state index in [9.17, 15) is 0 Å². The molecule has 3 heterocycles. The van der Waals surface area contributed by atoms with E-state index in [0.29, 0.717) is 6.04 Å². The second-order valence-electron chi connectivity index (χ2n) is 4.96. The van der Waals surface area contributed by atoms with Crippen LogP contribution in [0, 0.1) is 0 Å². The second-order valence-corrected chi connectivity index (χ2v) is 4.96. The summed E-state index contributed by atoms with van der Waals surface area (Å²) in [5, 5.41) is 11.8. The molecule has 0 spiro atoms. The number of rotatable bonds is 2. The quantitative estimate of drug-likeness (QED) is 0.809. The number of piperidine rings is 1. The highest BCUT2D eigenvalue weighted by Crippen LogP contribution is 2.30. The lowest BCUT2D eigenvalue weighted by atomic mass is 9.98. The summed E-state index contributed by atoms with van der Waals surface area (Å²) in [5.41, 5.74) is 0. The largest absolute Gasteiger partial charge is 0.355 e. The first kappa shape index (κ1) is 10.0. The minimum Gasteiger partial charge on any atom is -0.355 e. The van der Waals surface area contributed by atoms with Crippen LogP contribution in [0.3, 0.4) is 0 Å². The van der Waals surface area contributed by atoms with Gasteiger partial charge >= 0.3 is 0 Å². The van der Waals surface area contributed by atoms with Crippen LogP contribution in [0.2, 0.25) is 0 Å². The van der Waals surface area contributed by atoms with E-state index < -0.39 is 0 Å². The van der Waals surface area contributed by atoms with E-state index in [1.54, 1.807) is 6.20 Å². The monoisotopic (exact) mass is 218 g/mol. The van der Waals surface area contributed by atoms with E-state index in [-0.39, 0.29) is 0 Å². The van der Waals surface area contributed by atoms with Crippen molar-refractivity contribution in [3.8, 4) is 0 Å². The van der Waals surface area contributed by atoms with Crippen molar-refractivity contribution >= 4 is 5.82 Å². The van der Waals surface area contributed by atoms with E-state index in [1.807, 2.05) is 12.1 Å². The van der Waals surface area contributed by atoms with Crippen molar-refractivity contribution in [3.05, 3.63) is 18.3 Å². The summed E-state index contributed by atoms with van der Waals surface area (Å²) in [7, 11) is 2.14. The minimum absolute atomic E-state index is 0.621. The zero-order valence-electron chi connectivity index (χ0n) is 9.63.